The van der Waals surface area contributed by atoms with E-state index in [1.807, 2.05) is 17.5 Å². The van der Waals surface area contributed by atoms with E-state index in [9.17, 15) is 4.79 Å². The van der Waals surface area contributed by atoms with E-state index in [0.29, 0.717) is 6.54 Å². The van der Waals surface area contributed by atoms with E-state index in [2.05, 4.69) is 20.6 Å². The Labute approximate surface area is 117 Å². The Balaban J connectivity index is 1.68. The van der Waals surface area contributed by atoms with Crippen LogP contribution < -0.4 is 10.6 Å². The molecule has 1 amide bonds. The lowest BCUT2D eigenvalue weighted by atomic mass is 9.82. The Kier molecular flexibility index (Phi) is 3.40. The zero-order valence-electron chi connectivity index (χ0n) is 11.6. The van der Waals surface area contributed by atoms with Crippen molar-refractivity contribution in [3.8, 4) is 0 Å². The van der Waals surface area contributed by atoms with Crippen LogP contribution in [0, 0.1) is 5.41 Å². The fraction of sp³-hybridized carbons (Fsp3) is 0.500. The van der Waals surface area contributed by atoms with Gasteiger partial charge in [-0.1, -0.05) is 0 Å². The molecule has 0 aliphatic carbocycles. The maximum Gasteiger partial charge on any atom is 0.227 e. The smallest absolute Gasteiger partial charge is 0.227 e. The monoisotopic (exact) mass is 273 g/mol. The third-order valence-electron chi connectivity index (χ3n) is 3.97. The van der Waals surface area contributed by atoms with E-state index >= 15 is 0 Å². The minimum Gasteiger partial charge on any atom is -0.350 e. The number of piperidine rings is 1. The van der Waals surface area contributed by atoms with Crippen molar-refractivity contribution in [2.24, 2.45) is 5.41 Å². The van der Waals surface area contributed by atoms with Crippen molar-refractivity contribution in [1.82, 2.24) is 25.0 Å². The Morgan fingerprint density at radius 3 is 3.25 bits per heavy atom. The molecular weight excluding hydrogens is 254 g/mol. The second-order valence-corrected chi connectivity index (χ2v) is 5.58. The van der Waals surface area contributed by atoms with Gasteiger partial charge in [0.2, 0.25) is 5.91 Å². The van der Waals surface area contributed by atoms with Gasteiger partial charge in [-0.3, -0.25) is 14.2 Å². The van der Waals surface area contributed by atoms with E-state index in [1.165, 1.54) is 0 Å². The lowest BCUT2D eigenvalue weighted by Gasteiger charge is -2.32. The first-order chi connectivity index (χ1) is 9.69. The van der Waals surface area contributed by atoms with E-state index < -0.39 is 0 Å². The molecule has 1 atom stereocenters. The summed E-state index contributed by atoms with van der Waals surface area (Å²) in [5.74, 6) is 0.105. The fourth-order valence-electron chi connectivity index (χ4n) is 2.66. The zero-order valence-corrected chi connectivity index (χ0v) is 11.6. The highest BCUT2D eigenvalue weighted by Gasteiger charge is 2.34. The summed E-state index contributed by atoms with van der Waals surface area (Å²) in [5.41, 5.74) is 1.45. The Bertz CT molecular complexity index is 615. The molecule has 0 spiro atoms. The number of carbonyl (C=O) groups is 1. The molecule has 1 fully saturated rings. The number of amides is 1. The maximum atomic E-state index is 12.4. The molecule has 0 saturated carbocycles. The van der Waals surface area contributed by atoms with Crippen LogP contribution in [0.25, 0.3) is 5.65 Å². The van der Waals surface area contributed by atoms with Gasteiger partial charge in [-0.2, -0.15) is 0 Å². The molecule has 1 saturated heterocycles. The molecule has 6 heteroatoms. The Morgan fingerprint density at radius 2 is 2.45 bits per heavy atom. The minimum absolute atomic E-state index is 0.105. The number of nitrogens with one attached hydrogen (secondary N) is 2. The summed E-state index contributed by atoms with van der Waals surface area (Å²) in [5, 5.41) is 6.32. The number of rotatable bonds is 3. The van der Waals surface area contributed by atoms with Crippen LogP contribution in [0.5, 0.6) is 0 Å². The molecule has 3 rings (SSSR count). The zero-order chi connectivity index (χ0) is 14.0. The average Bonchev–Trinajstić information content (AvgIpc) is 2.89. The van der Waals surface area contributed by atoms with Crippen molar-refractivity contribution >= 4 is 11.6 Å². The van der Waals surface area contributed by atoms with E-state index in [1.54, 1.807) is 18.6 Å². The van der Waals surface area contributed by atoms with Crippen LogP contribution in [-0.2, 0) is 11.3 Å². The van der Waals surface area contributed by atoms with Crippen molar-refractivity contribution < 1.29 is 4.79 Å². The minimum atomic E-state index is -0.305. The molecule has 1 aliphatic rings. The van der Waals surface area contributed by atoms with Crippen LogP contribution in [0.3, 0.4) is 0 Å². The van der Waals surface area contributed by atoms with Gasteiger partial charge in [0.15, 0.2) is 5.65 Å². The topological polar surface area (TPSA) is 71.3 Å². The number of hydrogen-bond donors (Lipinski definition) is 2. The van der Waals surface area contributed by atoms with Gasteiger partial charge in [0.05, 0.1) is 30.0 Å². The third-order valence-corrected chi connectivity index (χ3v) is 3.97. The lowest BCUT2D eigenvalue weighted by Crippen LogP contribution is -2.48. The summed E-state index contributed by atoms with van der Waals surface area (Å²) in [4.78, 5) is 20.6. The largest absolute Gasteiger partial charge is 0.350 e. The maximum absolute atomic E-state index is 12.4. The molecular formula is C14H19N5O. The molecule has 0 unspecified atom stereocenters. The molecule has 0 radical (unpaired) electrons. The van der Waals surface area contributed by atoms with Gasteiger partial charge in [-0.15, -0.1) is 0 Å². The number of nitrogens with zero attached hydrogens (tertiary/aromatic N) is 3. The van der Waals surface area contributed by atoms with Gasteiger partial charge in [0.1, 0.15) is 0 Å². The van der Waals surface area contributed by atoms with Crippen LogP contribution >= 0.6 is 0 Å². The van der Waals surface area contributed by atoms with Gasteiger partial charge in [-0.25, -0.2) is 4.98 Å². The van der Waals surface area contributed by atoms with Crippen LogP contribution in [0.1, 0.15) is 25.5 Å². The quantitative estimate of drug-likeness (QED) is 0.865. The second-order valence-electron chi connectivity index (χ2n) is 5.58. The van der Waals surface area contributed by atoms with Gasteiger partial charge < -0.3 is 10.6 Å². The van der Waals surface area contributed by atoms with Crippen molar-refractivity contribution in [1.29, 1.82) is 0 Å². The highest BCUT2D eigenvalue weighted by atomic mass is 16.2. The number of hydrogen-bond acceptors (Lipinski definition) is 4. The van der Waals surface area contributed by atoms with Crippen molar-refractivity contribution in [3.05, 3.63) is 30.5 Å². The first-order valence-corrected chi connectivity index (χ1v) is 6.94. The van der Waals surface area contributed by atoms with Gasteiger partial charge in [0.25, 0.3) is 0 Å². The number of imidazole rings is 1. The van der Waals surface area contributed by atoms with Gasteiger partial charge in [0, 0.05) is 18.9 Å². The van der Waals surface area contributed by atoms with Gasteiger partial charge in [-0.05, 0) is 26.3 Å². The molecule has 20 heavy (non-hydrogen) atoms. The SMILES string of the molecule is C[C@@]1(C(=O)NCc2cnc3cnccn23)CCCNC1. The lowest BCUT2D eigenvalue weighted by molar-refractivity contribution is -0.131. The molecule has 3 heterocycles. The molecule has 0 aromatic carbocycles. The third kappa shape index (κ3) is 2.38. The average molecular weight is 273 g/mol. The first-order valence-electron chi connectivity index (χ1n) is 6.94. The summed E-state index contributed by atoms with van der Waals surface area (Å²) in [6, 6.07) is 0. The first kappa shape index (κ1) is 13.1. The predicted molar refractivity (Wildman–Crippen MR) is 75.0 cm³/mol. The van der Waals surface area contributed by atoms with Crippen LogP contribution in [-0.4, -0.2) is 33.4 Å². The number of carbonyl (C=O) groups excluding carboxylic acids is 1. The molecule has 2 aromatic rings. The summed E-state index contributed by atoms with van der Waals surface area (Å²) in [7, 11) is 0. The highest BCUT2D eigenvalue weighted by molar-refractivity contribution is 5.82. The van der Waals surface area contributed by atoms with Crippen molar-refractivity contribution in [2.45, 2.75) is 26.3 Å². The Hall–Kier alpha value is -1.95. The van der Waals surface area contributed by atoms with E-state index in [4.69, 9.17) is 0 Å². The summed E-state index contributed by atoms with van der Waals surface area (Å²) >= 11 is 0. The standard InChI is InChI=1S/C14H19N5O/c1-14(3-2-4-16-10-14)13(20)18-8-11-7-17-12-9-15-5-6-19(11)12/h5-7,9,16H,2-4,8,10H2,1H3,(H,18,20)/t14-/m1/s1. The van der Waals surface area contributed by atoms with Crippen molar-refractivity contribution in [3.63, 3.8) is 0 Å². The molecule has 2 N–H and O–H groups in total. The van der Waals surface area contributed by atoms with E-state index in [0.717, 1.165) is 37.3 Å². The van der Waals surface area contributed by atoms with Crippen molar-refractivity contribution in [2.75, 3.05) is 13.1 Å². The molecule has 6 nitrogen and oxygen atoms in total. The molecule has 2 aromatic heterocycles. The molecule has 0 bridgehead atoms. The van der Waals surface area contributed by atoms with Crippen LogP contribution in [0.2, 0.25) is 0 Å². The fourth-order valence-corrected chi connectivity index (χ4v) is 2.66. The summed E-state index contributed by atoms with van der Waals surface area (Å²) in [6.07, 6.45) is 9.03. The van der Waals surface area contributed by atoms with E-state index in [-0.39, 0.29) is 11.3 Å². The van der Waals surface area contributed by atoms with Crippen LogP contribution in [0.4, 0.5) is 0 Å². The number of aromatic nitrogens is 3. The van der Waals surface area contributed by atoms with Gasteiger partial charge >= 0.3 is 0 Å². The normalized spacial score (nSPS) is 22.9. The van der Waals surface area contributed by atoms with Crippen LogP contribution in [0.15, 0.2) is 24.8 Å². The second kappa shape index (κ2) is 5.20. The highest BCUT2D eigenvalue weighted by Crippen LogP contribution is 2.25. The molecule has 1 aliphatic heterocycles. The number of fused-ring (bicyclic) bond motifs is 1. The Morgan fingerprint density at radius 1 is 1.55 bits per heavy atom. The molecule has 106 valence electrons. The predicted octanol–water partition coefficient (Wildman–Crippen LogP) is 0.735. The summed E-state index contributed by atoms with van der Waals surface area (Å²) < 4.78 is 1.94. The summed E-state index contributed by atoms with van der Waals surface area (Å²) in [6.45, 7) is 4.26.